The lowest BCUT2D eigenvalue weighted by atomic mass is 9.89. The molecule has 2 rings (SSSR count). The molecule has 1 fully saturated rings. The molecule has 0 spiro atoms. The van der Waals surface area contributed by atoms with Crippen LogP contribution < -0.4 is 0 Å². The van der Waals surface area contributed by atoms with Crippen LogP contribution in [0.1, 0.15) is 59.8 Å². The first-order valence-electron chi connectivity index (χ1n) is 8.49. The van der Waals surface area contributed by atoms with Crippen molar-refractivity contribution in [2.45, 2.75) is 83.5 Å². The Kier molecular flexibility index (Phi) is 4.57. The maximum Gasteiger partial charge on any atom is 0.228 e. The van der Waals surface area contributed by atoms with E-state index < -0.39 is 19.3 Å². The zero-order valence-corrected chi connectivity index (χ0v) is 16.3. The summed E-state index contributed by atoms with van der Waals surface area (Å²) in [7, 11) is -2.05. The van der Waals surface area contributed by atoms with Crippen molar-refractivity contribution >= 4 is 14.2 Å². The van der Waals surface area contributed by atoms with Gasteiger partial charge in [-0.3, -0.25) is 4.79 Å². The summed E-state index contributed by atoms with van der Waals surface area (Å²) in [4.78, 5) is 15.1. The van der Waals surface area contributed by atoms with E-state index in [-0.39, 0.29) is 10.9 Å². The summed E-state index contributed by atoms with van der Waals surface area (Å²) >= 11 is 0. The standard InChI is InChI=1S/C17H29N3O2Si/c1-15(2,3)23(5,6)22-17(13-10-8-7-9-11-13)12-16(17,4)14(21)19-20-18/h10H,7-9,11-12H2,1-6H3. The Bertz CT molecular complexity index is 587. The molecule has 0 N–H and O–H groups in total. The van der Waals surface area contributed by atoms with E-state index in [1.165, 1.54) is 12.0 Å². The molecule has 2 unspecified atom stereocenters. The van der Waals surface area contributed by atoms with Gasteiger partial charge in [-0.25, -0.2) is 0 Å². The van der Waals surface area contributed by atoms with Gasteiger partial charge in [0.05, 0.1) is 11.0 Å². The fourth-order valence-corrected chi connectivity index (χ4v) is 4.93. The van der Waals surface area contributed by atoms with E-state index in [2.05, 4.69) is 50.0 Å². The molecular weight excluding hydrogens is 306 g/mol. The van der Waals surface area contributed by atoms with Gasteiger partial charge in [0.2, 0.25) is 5.91 Å². The lowest BCUT2D eigenvalue weighted by Gasteiger charge is -2.42. The Hall–Kier alpha value is -1.10. The summed E-state index contributed by atoms with van der Waals surface area (Å²) < 4.78 is 6.79. The topological polar surface area (TPSA) is 75.1 Å². The first kappa shape index (κ1) is 18.2. The summed E-state index contributed by atoms with van der Waals surface area (Å²) in [6.45, 7) is 12.9. The van der Waals surface area contributed by atoms with Crippen LogP contribution in [0.2, 0.25) is 18.1 Å². The number of carbonyl (C=O) groups excluding carboxylic acids is 1. The molecule has 2 aliphatic rings. The second kappa shape index (κ2) is 5.76. The smallest absolute Gasteiger partial charge is 0.228 e. The van der Waals surface area contributed by atoms with Gasteiger partial charge in [0.15, 0.2) is 8.32 Å². The lowest BCUT2D eigenvalue weighted by Crippen LogP contribution is -2.47. The van der Waals surface area contributed by atoms with Gasteiger partial charge >= 0.3 is 0 Å². The largest absolute Gasteiger partial charge is 0.407 e. The predicted octanol–water partition coefficient (Wildman–Crippen LogP) is 5.49. The van der Waals surface area contributed by atoms with Crippen molar-refractivity contribution in [3.63, 3.8) is 0 Å². The molecule has 0 heterocycles. The second-order valence-electron chi connectivity index (χ2n) is 8.67. The molecule has 2 aliphatic carbocycles. The lowest BCUT2D eigenvalue weighted by molar-refractivity contribution is -0.124. The average Bonchev–Trinajstić information content (AvgIpc) is 3.06. The summed E-state index contributed by atoms with van der Waals surface area (Å²) in [5.74, 6) is -0.384. The Balaban J connectivity index is 2.42. The van der Waals surface area contributed by atoms with Crippen LogP contribution in [-0.4, -0.2) is 19.8 Å². The highest BCUT2D eigenvalue weighted by Crippen LogP contribution is 2.66. The number of hydrogen-bond donors (Lipinski definition) is 0. The van der Waals surface area contributed by atoms with Gasteiger partial charge in [0, 0.05) is 4.91 Å². The molecule has 6 heteroatoms. The van der Waals surface area contributed by atoms with E-state index in [0.29, 0.717) is 6.42 Å². The van der Waals surface area contributed by atoms with Gasteiger partial charge < -0.3 is 4.43 Å². The van der Waals surface area contributed by atoms with Gasteiger partial charge in [-0.1, -0.05) is 26.8 Å². The zero-order chi connectivity index (χ0) is 17.5. The zero-order valence-electron chi connectivity index (χ0n) is 15.3. The normalized spacial score (nSPS) is 31.1. The third-order valence-electron chi connectivity index (χ3n) is 6.02. The number of nitrogens with zero attached hydrogens (tertiary/aromatic N) is 3. The van der Waals surface area contributed by atoms with E-state index >= 15 is 0 Å². The number of hydrogen-bond acceptors (Lipinski definition) is 2. The van der Waals surface area contributed by atoms with E-state index in [9.17, 15) is 4.79 Å². The highest BCUT2D eigenvalue weighted by Gasteiger charge is 2.72. The van der Waals surface area contributed by atoms with Crippen LogP contribution in [0.3, 0.4) is 0 Å². The minimum Gasteiger partial charge on any atom is -0.407 e. The summed E-state index contributed by atoms with van der Waals surface area (Å²) in [5, 5.41) is 3.46. The average molecular weight is 336 g/mol. The minimum absolute atomic E-state index is 0.0697. The van der Waals surface area contributed by atoms with E-state index in [0.717, 1.165) is 19.3 Å². The van der Waals surface area contributed by atoms with Gasteiger partial charge in [-0.15, -0.1) is 0 Å². The van der Waals surface area contributed by atoms with Crippen molar-refractivity contribution in [3.05, 3.63) is 22.1 Å². The van der Waals surface area contributed by atoms with Crippen molar-refractivity contribution < 1.29 is 9.22 Å². The SMILES string of the molecule is CC1(C(=O)N=[N+]=[N-])CC1(O[Si](C)(C)C(C)(C)C)C1=CCCCC1. The molecular formula is C17H29N3O2Si. The molecule has 0 saturated heterocycles. The molecule has 0 aromatic heterocycles. The summed E-state index contributed by atoms with van der Waals surface area (Å²) in [5.41, 5.74) is 8.64. The summed E-state index contributed by atoms with van der Waals surface area (Å²) in [6, 6.07) is 0. The second-order valence-corrected chi connectivity index (χ2v) is 13.4. The van der Waals surface area contributed by atoms with Gasteiger partial charge in [0.25, 0.3) is 0 Å². The monoisotopic (exact) mass is 335 g/mol. The Labute approximate surface area is 140 Å². The van der Waals surface area contributed by atoms with Crippen LogP contribution in [0.15, 0.2) is 16.8 Å². The van der Waals surface area contributed by atoms with Crippen LogP contribution in [0, 0.1) is 5.41 Å². The van der Waals surface area contributed by atoms with Crippen molar-refractivity contribution in [2.75, 3.05) is 0 Å². The summed E-state index contributed by atoms with van der Waals surface area (Å²) in [6.07, 6.45) is 7.25. The number of rotatable bonds is 4. The number of carbonyl (C=O) groups is 1. The third-order valence-corrected chi connectivity index (χ3v) is 10.5. The minimum atomic E-state index is -2.05. The number of azide groups is 1. The van der Waals surface area contributed by atoms with Crippen LogP contribution in [-0.2, 0) is 9.22 Å². The number of allylic oxidation sites excluding steroid dienone is 1. The molecule has 0 aromatic rings. The first-order chi connectivity index (χ1) is 10.5. The van der Waals surface area contributed by atoms with Gasteiger partial charge in [-0.05, 0) is 73.4 Å². The van der Waals surface area contributed by atoms with Crippen LogP contribution in [0.25, 0.3) is 10.4 Å². The molecule has 0 aromatic carbocycles. The Morgan fingerprint density at radius 2 is 2.04 bits per heavy atom. The predicted molar refractivity (Wildman–Crippen MR) is 94.4 cm³/mol. The van der Waals surface area contributed by atoms with Crippen molar-refractivity contribution in [1.82, 2.24) is 0 Å². The highest BCUT2D eigenvalue weighted by molar-refractivity contribution is 6.74. The van der Waals surface area contributed by atoms with Gasteiger partial charge in [-0.2, -0.15) is 0 Å². The third kappa shape index (κ3) is 3.00. The van der Waals surface area contributed by atoms with E-state index in [4.69, 9.17) is 9.96 Å². The molecule has 5 nitrogen and oxygen atoms in total. The fourth-order valence-electron chi connectivity index (χ4n) is 3.33. The first-order valence-corrected chi connectivity index (χ1v) is 11.4. The van der Waals surface area contributed by atoms with E-state index in [1.807, 2.05) is 6.92 Å². The van der Waals surface area contributed by atoms with Crippen molar-refractivity contribution in [1.29, 1.82) is 0 Å². The Morgan fingerprint density at radius 1 is 1.39 bits per heavy atom. The van der Waals surface area contributed by atoms with Crippen LogP contribution >= 0.6 is 0 Å². The number of amides is 1. The molecule has 0 radical (unpaired) electrons. The molecule has 1 saturated carbocycles. The molecule has 128 valence electrons. The van der Waals surface area contributed by atoms with Gasteiger partial charge in [0.1, 0.15) is 0 Å². The molecule has 1 amide bonds. The quantitative estimate of drug-likeness (QED) is 0.224. The molecule has 23 heavy (non-hydrogen) atoms. The van der Waals surface area contributed by atoms with Crippen LogP contribution in [0.5, 0.6) is 0 Å². The van der Waals surface area contributed by atoms with Crippen molar-refractivity contribution in [2.24, 2.45) is 10.5 Å². The Morgan fingerprint density at radius 3 is 2.52 bits per heavy atom. The maximum atomic E-state index is 12.4. The molecule has 2 atom stereocenters. The molecule has 0 aliphatic heterocycles. The van der Waals surface area contributed by atoms with E-state index in [1.54, 1.807) is 0 Å². The maximum absolute atomic E-state index is 12.4. The highest BCUT2D eigenvalue weighted by atomic mass is 28.4. The van der Waals surface area contributed by atoms with Crippen LogP contribution in [0.4, 0.5) is 0 Å². The van der Waals surface area contributed by atoms with Crippen molar-refractivity contribution in [3.8, 4) is 0 Å². The fraction of sp³-hybridized carbons (Fsp3) is 0.824. The molecule has 0 bridgehead atoms.